The number of rotatable bonds is 6. The van der Waals surface area contributed by atoms with Crippen molar-refractivity contribution in [3.8, 4) is 5.88 Å². The molecule has 3 rings (SSSR count). The third-order valence-electron chi connectivity index (χ3n) is 4.84. The zero-order chi connectivity index (χ0) is 19.9. The molecule has 150 valence electrons. The average Bonchev–Trinajstić information content (AvgIpc) is 2.73. The van der Waals surface area contributed by atoms with E-state index in [1.807, 2.05) is 30.3 Å². The first-order valence-electron chi connectivity index (χ1n) is 9.16. The lowest BCUT2D eigenvalue weighted by Gasteiger charge is -2.38. The van der Waals surface area contributed by atoms with E-state index in [1.54, 1.807) is 17.0 Å². The summed E-state index contributed by atoms with van der Waals surface area (Å²) in [5.41, 5.74) is 1.38. The minimum atomic E-state index is -2.63. The van der Waals surface area contributed by atoms with Gasteiger partial charge in [0.25, 0.3) is 6.43 Å². The Morgan fingerprint density at radius 2 is 2.07 bits per heavy atom. The molecule has 1 aliphatic rings. The van der Waals surface area contributed by atoms with Crippen molar-refractivity contribution in [2.75, 3.05) is 31.6 Å². The molecule has 0 spiro atoms. The number of urea groups is 1. The number of carbonyl (C=O) groups excluding carboxylic acids is 1. The smallest absolute Gasteiger partial charge is 0.322 e. The van der Waals surface area contributed by atoms with Crippen molar-refractivity contribution in [2.24, 2.45) is 5.92 Å². The molecule has 0 saturated carbocycles. The number of ether oxygens (including phenoxy) is 1. The largest absolute Gasteiger partial charge is 0.470 e. The first kappa shape index (κ1) is 20.0. The van der Waals surface area contributed by atoms with Crippen LogP contribution in [0.4, 0.5) is 19.3 Å². The normalized spacial score (nSPS) is 19.5. The van der Waals surface area contributed by atoms with Crippen molar-refractivity contribution in [3.63, 3.8) is 0 Å². The number of nitrogens with zero attached hydrogens (tertiary/aromatic N) is 2. The van der Waals surface area contributed by atoms with Gasteiger partial charge in [0, 0.05) is 31.8 Å². The molecule has 8 heteroatoms. The van der Waals surface area contributed by atoms with Gasteiger partial charge < -0.3 is 20.1 Å². The Morgan fingerprint density at radius 3 is 2.79 bits per heavy atom. The Balaban J connectivity index is 1.65. The molecule has 2 atom stereocenters. The van der Waals surface area contributed by atoms with Gasteiger partial charge in [0.1, 0.15) is 5.69 Å². The predicted octanol–water partition coefficient (Wildman–Crippen LogP) is 3.36. The van der Waals surface area contributed by atoms with Crippen LogP contribution in [0, 0.1) is 5.92 Å². The number of aliphatic hydroxyl groups excluding tert-OH is 1. The lowest BCUT2D eigenvalue weighted by molar-refractivity contribution is 0.0799. The summed E-state index contributed by atoms with van der Waals surface area (Å²) in [5.74, 6) is 0.0537. The molecule has 0 radical (unpaired) electrons. The van der Waals surface area contributed by atoms with E-state index in [4.69, 9.17) is 4.74 Å². The third-order valence-corrected chi connectivity index (χ3v) is 4.84. The van der Waals surface area contributed by atoms with Crippen LogP contribution in [0.15, 0.2) is 48.7 Å². The summed E-state index contributed by atoms with van der Waals surface area (Å²) >= 11 is 0. The van der Waals surface area contributed by atoms with Crippen LogP contribution in [0.5, 0.6) is 5.88 Å². The number of pyridine rings is 1. The molecule has 0 aliphatic carbocycles. The van der Waals surface area contributed by atoms with Gasteiger partial charge in [-0.1, -0.05) is 30.3 Å². The molecule has 2 N–H and O–H groups in total. The zero-order valence-corrected chi connectivity index (χ0v) is 15.3. The fourth-order valence-corrected chi connectivity index (χ4v) is 3.48. The third kappa shape index (κ3) is 4.95. The highest BCUT2D eigenvalue weighted by molar-refractivity contribution is 5.90. The van der Waals surface area contributed by atoms with Crippen molar-refractivity contribution in [1.82, 2.24) is 9.88 Å². The van der Waals surface area contributed by atoms with Crippen LogP contribution >= 0.6 is 0 Å². The quantitative estimate of drug-likeness (QED) is 0.792. The van der Waals surface area contributed by atoms with Gasteiger partial charge in [0.05, 0.1) is 0 Å². The average molecular weight is 391 g/mol. The molecular formula is C20H23F2N3O3. The highest BCUT2D eigenvalue weighted by atomic mass is 19.3. The maximum Gasteiger partial charge on any atom is 0.322 e. The van der Waals surface area contributed by atoms with E-state index < -0.39 is 13.0 Å². The van der Waals surface area contributed by atoms with Gasteiger partial charge in [-0.2, -0.15) is 0 Å². The van der Waals surface area contributed by atoms with Gasteiger partial charge in [0.15, 0.2) is 6.61 Å². The number of benzene rings is 1. The molecular weight excluding hydrogens is 368 g/mol. The molecule has 6 nitrogen and oxygen atoms in total. The summed E-state index contributed by atoms with van der Waals surface area (Å²) in [6.07, 6.45) is -0.499. The summed E-state index contributed by atoms with van der Waals surface area (Å²) in [7, 11) is 0. The second-order valence-corrected chi connectivity index (χ2v) is 6.68. The number of alkyl halides is 2. The van der Waals surface area contributed by atoms with Crippen LogP contribution in [0.1, 0.15) is 17.9 Å². The van der Waals surface area contributed by atoms with Gasteiger partial charge in [-0.25, -0.2) is 18.6 Å². The molecule has 0 unspecified atom stereocenters. The van der Waals surface area contributed by atoms with E-state index in [-0.39, 0.29) is 36.0 Å². The zero-order valence-electron chi connectivity index (χ0n) is 15.3. The minimum absolute atomic E-state index is 0.0288. The summed E-state index contributed by atoms with van der Waals surface area (Å²) in [6.45, 7) is 0.0959. The van der Waals surface area contributed by atoms with Crippen LogP contribution in [0.25, 0.3) is 0 Å². The van der Waals surface area contributed by atoms with Crippen molar-refractivity contribution in [2.45, 2.75) is 18.8 Å². The van der Waals surface area contributed by atoms with E-state index in [0.29, 0.717) is 13.1 Å². The van der Waals surface area contributed by atoms with E-state index in [0.717, 1.165) is 12.0 Å². The van der Waals surface area contributed by atoms with Crippen LogP contribution in [-0.2, 0) is 0 Å². The number of anilines is 1. The molecule has 2 aromatic rings. The van der Waals surface area contributed by atoms with E-state index in [9.17, 15) is 18.7 Å². The molecule has 28 heavy (non-hydrogen) atoms. The van der Waals surface area contributed by atoms with Crippen molar-refractivity contribution in [3.05, 3.63) is 54.2 Å². The summed E-state index contributed by atoms with van der Waals surface area (Å²) < 4.78 is 29.8. The van der Waals surface area contributed by atoms with Crippen molar-refractivity contribution >= 4 is 11.7 Å². The standard InChI is InChI=1S/C20H23F2N3O3/c21-18(22)13-28-19-17(7-4-9-23-19)24-20(27)25-10-8-16(15(11-25)12-26)14-5-2-1-3-6-14/h1-7,9,15-16,18,26H,8,10-13H2,(H,24,27)/t15-,16+/m1/s1. The number of piperidine rings is 1. The highest BCUT2D eigenvalue weighted by Crippen LogP contribution is 2.33. The number of aromatic nitrogens is 1. The van der Waals surface area contributed by atoms with Gasteiger partial charge in [-0.15, -0.1) is 0 Å². The summed E-state index contributed by atoms with van der Waals surface area (Å²) in [5, 5.41) is 12.5. The second-order valence-electron chi connectivity index (χ2n) is 6.68. The number of nitrogens with one attached hydrogen (secondary N) is 1. The Kier molecular flexibility index (Phi) is 6.76. The van der Waals surface area contributed by atoms with E-state index in [2.05, 4.69) is 10.3 Å². The SMILES string of the molecule is O=C(Nc1cccnc1OCC(F)F)N1CC[C@@H](c2ccccc2)[C@@H](CO)C1. The molecule has 1 saturated heterocycles. The first-order chi connectivity index (χ1) is 13.6. The second kappa shape index (κ2) is 9.45. The van der Waals surface area contributed by atoms with Crippen molar-refractivity contribution < 1.29 is 23.4 Å². The van der Waals surface area contributed by atoms with Gasteiger partial charge in [0.2, 0.25) is 5.88 Å². The van der Waals surface area contributed by atoms with Crippen LogP contribution < -0.4 is 10.1 Å². The molecule has 1 aromatic carbocycles. The lowest BCUT2D eigenvalue weighted by Crippen LogP contribution is -2.46. The number of carbonyl (C=O) groups is 1. The number of aliphatic hydroxyl groups is 1. The monoisotopic (exact) mass is 391 g/mol. The summed E-state index contributed by atoms with van der Waals surface area (Å²) in [6, 6.07) is 12.7. The molecule has 1 aromatic heterocycles. The van der Waals surface area contributed by atoms with Gasteiger partial charge in [-0.05, 0) is 30.0 Å². The maximum atomic E-state index is 12.7. The summed E-state index contributed by atoms with van der Waals surface area (Å²) in [4.78, 5) is 18.2. The molecule has 1 aliphatic heterocycles. The number of hydrogen-bond acceptors (Lipinski definition) is 4. The van der Waals surface area contributed by atoms with Gasteiger partial charge >= 0.3 is 6.03 Å². The molecule has 0 bridgehead atoms. The van der Waals surface area contributed by atoms with Crippen molar-refractivity contribution in [1.29, 1.82) is 0 Å². The minimum Gasteiger partial charge on any atom is -0.470 e. The fourth-order valence-electron chi connectivity index (χ4n) is 3.48. The fraction of sp³-hybridized carbons (Fsp3) is 0.400. The molecule has 2 amide bonds. The van der Waals surface area contributed by atoms with Crippen LogP contribution in [0.2, 0.25) is 0 Å². The number of hydrogen-bond donors (Lipinski definition) is 2. The maximum absolute atomic E-state index is 12.7. The van der Waals surface area contributed by atoms with E-state index >= 15 is 0 Å². The Labute approximate surface area is 162 Å². The Hall–Kier alpha value is -2.74. The Bertz CT molecular complexity index is 776. The van der Waals surface area contributed by atoms with E-state index in [1.165, 1.54) is 6.20 Å². The number of halogens is 2. The molecule has 2 heterocycles. The number of likely N-dealkylation sites (tertiary alicyclic amines) is 1. The molecule has 1 fully saturated rings. The van der Waals surface area contributed by atoms with Crippen LogP contribution in [0.3, 0.4) is 0 Å². The van der Waals surface area contributed by atoms with Gasteiger partial charge in [-0.3, -0.25) is 0 Å². The predicted molar refractivity (Wildman–Crippen MR) is 101 cm³/mol. The topological polar surface area (TPSA) is 74.7 Å². The first-order valence-corrected chi connectivity index (χ1v) is 9.16. The van der Waals surface area contributed by atoms with Crippen LogP contribution in [-0.4, -0.2) is 53.8 Å². The number of amides is 2. The lowest BCUT2D eigenvalue weighted by atomic mass is 9.81. The highest BCUT2D eigenvalue weighted by Gasteiger charge is 2.32. The Morgan fingerprint density at radius 1 is 1.29 bits per heavy atom.